The molecule has 1 atom stereocenters. The number of sulfonamides is 1. The molecule has 0 aliphatic carbocycles. The Bertz CT molecular complexity index is 415. The van der Waals surface area contributed by atoms with Crippen molar-refractivity contribution in [2.75, 3.05) is 5.88 Å². The first-order chi connectivity index (χ1) is 6.99. The van der Waals surface area contributed by atoms with Crippen LogP contribution < -0.4 is 4.72 Å². The zero-order valence-corrected chi connectivity index (χ0v) is 10.2. The van der Waals surface area contributed by atoms with E-state index >= 15 is 0 Å². The predicted molar refractivity (Wildman–Crippen MR) is 58.5 cm³/mol. The van der Waals surface area contributed by atoms with Crippen LogP contribution in [0.2, 0.25) is 0 Å². The SMILES string of the molecule is CCc1ncc(S(=O)(=O)NC(C)CCl)[nH]1. The minimum absolute atomic E-state index is 0.0799. The molecule has 2 N–H and O–H groups in total. The van der Waals surface area contributed by atoms with Gasteiger partial charge < -0.3 is 4.98 Å². The molecule has 0 aromatic carbocycles. The fourth-order valence-corrected chi connectivity index (χ4v) is 2.37. The van der Waals surface area contributed by atoms with Crippen LogP contribution in [0.1, 0.15) is 19.7 Å². The van der Waals surface area contributed by atoms with Crippen molar-refractivity contribution in [1.29, 1.82) is 0 Å². The molecule has 0 aliphatic heterocycles. The lowest BCUT2D eigenvalue weighted by molar-refractivity contribution is 0.567. The molecule has 1 heterocycles. The summed E-state index contributed by atoms with van der Waals surface area (Å²) < 4.78 is 25.8. The highest BCUT2D eigenvalue weighted by molar-refractivity contribution is 7.89. The summed E-state index contributed by atoms with van der Waals surface area (Å²) in [4.78, 5) is 6.65. The number of nitrogens with zero attached hydrogens (tertiary/aromatic N) is 1. The maximum Gasteiger partial charge on any atom is 0.257 e. The van der Waals surface area contributed by atoms with E-state index in [4.69, 9.17) is 11.6 Å². The van der Waals surface area contributed by atoms with E-state index in [9.17, 15) is 8.42 Å². The molecule has 0 bridgehead atoms. The number of imidazole rings is 1. The van der Waals surface area contributed by atoms with Gasteiger partial charge in [-0.1, -0.05) is 6.92 Å². The predicted octanol–water partition coefficient (Wildman–Crippen LogP) is 0.878. The quantitative estimate of drug-likeness (QED) is 0.763. The molecule has 7 heteroatoms. The van der Waals surface area contributed by atoms with E-state index in [0.29, 0.717) is 12.2 Å². The van der Waals surface area contributed by atoms with Gasteiger partial charge in [-0.25, -0.2) is 18.1 Å². The fraction of sp³-hybridized carbons (Fsp3) is 0.625. The van der Waals surface area contributed by atoms with E-state index in [1.807, 2.05) is 6.92 Å². The molecule has 1 aromatic heterocycles. The van der Waals surface area contributed by atoms with E-state index in [0.717, 1.165) is 0 Å². The number of halogens is 1. The number of hydrogen-bond donors (Lipinski definition) is 2. The lowest BCUT2D eigenvalue weighted by Crippen LogP contribution is -2.33. The van der Waals surface area contributed by atoms with Crippen molar-refractivity contribution in [3.8, 4) is 0 Å². The molecular weight excluding hydrogens is 238 g/mol. The van der Waals surface area contributed by atoms with Gasteiger partial charge in [0.2, 0.25) is 0 Å². The van der Waals surface area contributed by atoms with E-state index in [2.05, 4.69) is 14.7 Å². The second kappa shape index (κ2) is 4.96. The van der Waals surface area contributed by atoms with Gasteiger partial charge in [-0.2, -0.15) is 0 Å². The van der Waals surface area contributed by atoms with Crippen LogP contribution in [0, 0.1) is 0 Å². The largest absolute Gasteiger partial charge is 0.332 e. The average molecular weight is 252 g/mol. The molecule has 1 aromatic rings. The Labute approximate surface area is 94.3 Å². The van der Waals surface area contributed by atoms with Crippen LogP contribution in [-0.4, -0.2) is 30.3 Å². The van der Waals surface area contributed by atoms with Crippen molar-refractivity contribution in [2.24, 2.45) is 0 Å². The van der Waals surface area contributed by atoms with E-state index in [-0.39, 0.29) is 16.9 Å². The number of alkyl halides is 1. The highest BCUT2D eigenvalue weighted by atomic mass is 35.5. The first-order valence-electron chi connectivity index (χ1n) is 4.61. The Morgan fingerprint density at radius 3 is 2.80 bits per heavy atom. The maximum atomic E-state index is 11.7. The molecule has 0 saturated carbocycles. The molecule has 1 rings (SSSR count). The molecule has 0 amide bonds. The van der Waals surface area contributed by atoms with Gasteiger partial charge in [0, 0.05) is 18.3 Å². The Morgan fingerprint density at radius 1 is 1.67 bits per heavy atom. The van der Waals surface area contributed by atoms with E-state index in [1.54, 1.807) is 6.92 Å². The standard InChI is InChI=1S/C8H14ClN3O2S/c1-3-7-10-5-8(11-7)15(13,14)12-6(2)4-9/h5-6,12H,3-4H2,1-2H3,(H,10,11). The highest BCUT2D eigenvalue weighted by Gasteiger charge is 2.18. The number of rotatable bonds is 5. The number of nitrogens with one attached hydrogen (secondary N) is 2. The van der Waals surface area contributed by atoms with Crippen LogP contribution in [0.3, 0.4) is 0 Å². The van der Waals surface area contributed by atoms with E-state index < -0.39 is 10.0 Å². The third kappa shape index (κ3) is 3.19. The highest BCUT2D eigenvalue weighted by Crippen LogP contribution is 2.06. The summed E-state index contributed by atoms with van der Waals surface area (Å²) in [5.74, 6) is 0.877. The third-order valence-electron chi connectivity index (χ3n) is 1.82. The van der Waals surface area contributed by atoms with Crippen molar-refractivity contribution < 1.29 is 8.42 Å². The summed E-state index contributed by atoms with van der Waals surface area (Å²) in [6.45, 7) is 3.59. The van der Waals surface area contributed by atoms with Crippen molar-refractivity contribution in [2.45, 2.75) is 31.3 Å². The summed E-state index contributed by atoms with van der Waals surface area (Å²) in [5.41, 5.74) is 0. The maximum absolute atomic E-state index is 11.7. The van der Waals surface area contributed by atoms with Crippen molar-refractivity contribution in [1.82, 2.24) is 14.7 Å². The lowest BCUT2D eigenvalue weighted by Gasteiger charge is -2.09. The summed E-state index contributed by atoms with van der Waals surface area (Å²) >= 11 is 5.53. The van der Waals surface area contributed by atoms with Crippen LogP contribution >= 0.6 is 11.6 Å². The Hall–Kier alpha value is -0.590. The molecule has 1 unspecified atom stereocenters. The number of aromatic nitrogens is 2. The summed E-state index contributed by atoms with van der Waals surface area (Å²) in [7, 11) is -3.51. The number of hydrogen-bond acceptors (Lipinski definition) is 3. The Balaban J connectivity index is 2.86. The zero-order valence-electron chi connectivity index (χ0n) is 8.62. The minimum Gasteiger partial charge on any atom is -0.332 e. The molecule has 0 saturated heterocycles. The van der Waals surface area contributed by atoms with Gasteiger partial charge in [0.1, 0.15) is 5.82 Å². The molecule has 0 spiro atoms. The summed E-state index contributed by atoms with van der Waals surface area (Å²) in [6.07, 6.45) is 1.97. The molecule has 0 aliphatic rings. The molecule has 0 radical (unpaired) electrons. The third-order valence-corrected chi connectivity index (χ3v) is 3.78. The normalized spacial score (nSPS) is 14.1. The van der Waals surface area contributed by atoms with Gasteiger partial charge in [-0.05, 0) is 6.92 Å². The monoisotopic (exact) mass is 251 g/mol. The topological polar surface area (TPSA) is 74.8 Å². The lowest BCUT2D eigenvalue weighted by atomic mass is 10.4. The van der Waals surface area contributed by atoms with Crippen molar-refractivity contribution >= 4 is 21.6 Å². The summed E-state index contributed by atoms with van der Waals surface area (Å²) in [6, 6.07) is -0.301. The number of H-pyrrole nitrogens is 1. The Kier molecular flexibility index (Phi) is 4.12. The fourth-order valence-electron chi connectivity index (χ4n) is 1.02. The summed E-state index contributed by atoms with van der Waals surface area (Å²) in [5, 5.41) is 0.0799. The molecule has 86 valence electrons. The van der Waals surface area contributed by atoms with Crippen molar-refractivity contribution in [3.05, 3.63) is 12.0 Å². The first-order valence-corrected chi connectivity index (χ1v) is 6.63. The van der Waals surface area contributed by atoms with Crippen molar-refractivity contribution in [3.63, 3.8) is 0 Å². The second-order valence-corrected chi connectivity index (χ2v) is 5.22. The van der Waals surface area contributed by atoms with E-state index in [1.165, 1.54) is 6.20 Å². The molecule has 0 fully saturated rings. The average Bonchev–Trinajstić information content (AvgIpc) is 2.65. The zero-order chi connectivity index (χ0) is 11.5. The van der Waals surface area contributed by atoms with Gasteiger partial charge in [0.25, 0.3) is 10.0 Å². The number of aryl methyl sites for hydroxylation is 1. The van der Waals surface area contributed by atoms with Gasteiger partial charge in [-0.3, -0.25) is 0 Å². The minimum atomic E-state index is -3.51. The van der Waals surface area contributed by atoms with Crippen LogP contribution in [-0.2, 0) is 16.4 Å². The van der Waals surface area contributed by atoms with Gasteiger partial charge in [-0.15, -0.1) is 11.6 Å². The van der Waals surface area contributed by atoms with Crippen LogP contribution in [0.15, 0.2) is 11.2 Å². The van der Waals surface area contributed by atoms with Crippen LogP contribution in [0.5, 0.6) is 0 Å². The molecule has 15 heavy (non-hydrogen) atoms. The first kappa shape index (κ1) is 12.5. The molecular formula is C8H14ClN3O2S. The van der Waals surface area contributed by atoms with Crippen LogP contribution in [0.25, 0.3) is 0 Å². The number of aromatic amines is 1. The Morgan fingerprint density at radius 2 is 2.33 bits per heavy atom. The van der Waals surface area contributed by atoms with Gasteiger partial charge in [0.15, 0.2) is 5.03 Å². The molecule has 5 nitrogen and oxygen atoms in total. The van der Waals surface area contributed by atoms with Crippen LogP contribution in [0.4, 0.5) is 0 Å². The smallest absolute Gasteiger partial charge is 0.257 e. The second-order valence-electron chi connectivity index (χ2n) is 3.22. The van der Waals surface area contributed by atoms with Gasteiger partial charge in [0.05, 0.1) is 6.20 Å². The van der Waals surface area contributed by atoms with Gasteiger partial charge >= 0.3 is 0 Å².